The molecule has 0 spiro atoms. The van der Waals surface area contributed by atoms with Gasteiger partial charge in [0.2, 0.25) is 0 Å². The number of rotatable bonds is 41. The van der Waals surface area contributed by atoms with Crippen LogP contribution in [0.25, 0.3) is 0 Å². The SMILES string of the molecule is COCC1O[C@@H](O[C@H]2C(OC)C(OC)[C@@H](O[C@H]3C(OC)C(OC)[C@H](O[C@@H]4C(COC(C)=O)OC(O)C(OC)[C@H]4OC)O[C@H]3COC)O[C@H]2COC)C(OC)[C@@H](OC)[C@@H]1O[C@H]1OC(CN2C(=O)c3ccccc3C2=O)[C@@H](O[C@@H]2O[C@@H](COC(C)=O)[C@@H](O[C@H]3O[C@@H](COC(C)=O)[C@@H](OC(C)=O)C(OC(C)=O)C3OC(C)=O)C(OC(C)=O)C2OC(C)=O)[C@H](OC)C1OC. The van der Waals surface area contributed by atoms with Crippen LogP contribution in [0.2, 0.25) is 0 Å². The van der Waals surface area contributed by atoms with Crippen molar-refractivity contribution in [3.8, 4) is 0 Å². The van der Waals surface area contributed by atoms with Crippen LogP contribution >= 0.6 is 0 Å². The van der Waals surface area contributed by atoms with Crippen molar-refractivity contribution in [2.45, 2.75) is 270 Å². The number of esters is 8. The number of fused-ring (bicyclic) bond motifs is 1. The van der Waals surface area contributed by atoms with Gasteiger partial charge >= 0.3 is 47.8 Å². The van der Waals surface area contributed by atoms with Gasteiger partial charge in [0.15, 0.2) is 74.6 Å². The Bertz CT molecular complexity index is 3660. The van der Waals surface area contributed by atoms with E-state index < -0.39 is 294 Å². The van der Waals surface area contributed by atoms with E-state index in [1.807, 2.05) is 0 Å². The number of imide groups is 1. The van der Waals surface area contributed by atoms with E-state index in [9.17, 15) is 53.1 Å². The molecule has 46 heteroatoms. The molecule has 8 aliphatic heterocycles. The summed E-state index contributed by atoms with van der Waals surface area (Å²) in [7, 11) is 17.8. The van der Waals surface area contributed by atoms with Gasteiger partial charge in [-0.25, -0.2) is 0 Å². The Hall–Kier alpha value is -6.96. The lowest BCUT2D eigenvalue weighted by Crippen LogP contribution is -2.70. The van der Waals surface area contributed by atoms with Gasteiger partial charge in [-0.15, -0.1) is 0 Å². The number of hydrogen-bond acceptors (Lipinski definition) is 45. The largest absolute Gasteiger partial charge is 0.463 e. The molecule has 35 atom stereocenters. The number of hydrogen-bond donors (Lipinski definition) is 1. The number of benzene rings is 1. The second kappa shape index (κ2) is 47.6. The van der Waals surface area contributed by atoms with Crippen LogP contribution in [0, 0.1) is 0 Å². The van der Waals surface area contributed by atoms with Gasteiger partial charge in [0, 0.05) is 148 Å². The Morgan fingerprint density at radius 2 is 0.496 bits per heavy atom. The number of aliphatic hydroxyl groups excluding tert-OH is 1. The summed E-state index contributed by atoms with van der Waals surface area (Å²) in [6.45, 7) is 4.99. The fourth-order valence-corrected chi connectivity index (χ4v) is 16.6. The molecule has 1 aromatic carbocycles. The van der Waals surface area contributed by atoms with Crippen LogP contribution in [-0.2, 0) is 199 Å². The van der Waals surface area contributed by atoms with Crippen LogP contribution in [0.3, 0.4) is 0 Å². The monoisotopic (exact) mass is 1800 g/mol. The highest BCUT2D eigenvalue weighted by molar-refractivity contribution is 6.21. The summed E-state index contributed by atoms with van der Waals surface area (Å²) < 4.78 is 211. The lowest BCUT2D eigenvalue weighted by Gasteiger charge is -2.52. The van der Waals surface area contributed by atoms with Gasteiger partial charge in [-0.2, -0.15) is 0 Å². The van der Waals surface area contributed by atoms with E-state index in [4.69, 9.17) is 161 Å². The van der Waals surface area contributed by atoms with Crippen molar-refractivity contribution in [2.75, 3.05) is 139 Å². The predicted octanol–water partition coefficient (Wildman–Crippen LogP) is -1.90. The molecular formula is C79H117NO45. The Labute approximate surface area is 720 Å². The van der Waals surface area contributed by atoms with Crippen molar-refractivity contribution in [2.24, 2.45) is 0 Å². The standard InChI is InChI=1S/C79H117NO45/c1-33(81)105-30-47-54(57(95-12)64(100-17)73(91)113-47)124-77-68(104-21)61(99-16)53(46(117-77)29-94-11)123-76-67(103-20)60(98-15)52(45(116-76)28-93-10)122-75-66(102-19)59(97-14)51(44(115-75)27-92-9)121-74-65(101-18)58(96-13)50(43(114-74)26-80-71(89)41-24-22-23-25-42(41)72(80)90)120-78-70(112-40(8)88)63(110-38(6)86)56(49(119-78)32-107-35(3)83)125-79-69(111-39(7)87)62(109-37(5)85)55(108-36(4)84)48(118-79)31-106-34(2)82/h22-25,43-70,73-79,91H,26-32H2,1-21H3/t43?,44?,45-,46-,47?,48-,49-,50+,51+,52+,53+,54+,55+,56+,57-,58-,59-,60?,61?,62?,63?,64?,65?,66?,67?,68?,69?,70?,73?,74+,75-,76+,77-,78-,79+/m0/s1. The third-order valence-electron chi connectivity index (χ3n) is 21.7. The Kier molecular flexibility index (Phi) is 38.7. The lowest BCUT2D eigenvalue weighted by molar-refractivity contribution is -0.402. The summed E-state index contributed by atoms with van der Waals surface area (Å²) >= 11 is 0. The number of carbonyl (C=O) groups is 10. The van der Waals surface area contributed by atoms with Gasteiger partial charge < -0.3 is 166 Å². The molecule has 8 aliphatic rings. The minimum atomic E-state index is -2.07. The maximum atomic E-state index is 14.6. The second-order valence-corrected chi connectivity index (χ2v) is 29.8. The zero-order chi connectivity index (χ0) is 91.5. The van der Waals surface area contributed by atoms with Gasteiger partial charge in [0.1, 0.15) is 160 Å². The topological polar surface area (TPSA) is 508 Å². The maximum absolute atomic E-state index is 14.6. The summed E-state index contributed by atoms with van der Waals surface area (Å²) in [4.78, 5) is 133. The first-order chi connectivity index (χ1) is 59.7. The van der Waals surface area contributed by atoms with E-state index in [1.54, 1.807) is 12.1 Å². The Balaban J connectivity index is 1.03. The average Bonchev–Trinajstić information content (AvgIpc) is 1.64. The Morgan fingerprint density at radius 3 is 0.776 bits per heavy atom. The van der Waals surface area contributed by atoms with Crippen molar-refractivity contribution in [1.82, 2.24) is 4.90 Å². The first-order valence-corrected chi connectivity index (χ1v) is 39.9. The van der Waals surface area contributed by atoms with Crippen LogP contribution in [-0.4, -0.2) is 423 Å². The first-order valence-electron chi connectivity index (χ1n) is 39.9. The molecule has 1 N–H and O–H groups in total. The molecule has 1 aromatic rings. The van der Waals surface area contributed by atoms with Gasteiger partial charge in [-0.05, 0) is 12.1 Å². The summed E-state index contributed by atoms with van der Waals surface area (Å²) in [5.74, 6) is -9.09. The first kappa shape index (κ1) is 102. The summed E-state index contributed by atoms with van der Waals surface area (Å²) in [6.07, 6.45) is -51.1. The van der Waals surface area contributed by atoms with E-state index in [0.29, 0.717) is 0 Å². The third kappa shape index (κ3) is 24.4. The molecule has 0 aliphatic carbocycles. The molecule has 8 heterocycles. The molecule has 0 bridgehead atoms. The number of aliphatic hydroxyl groups is 1. The highest BCUT2D eigenvalue weighted by Gasteiger charge is 2.63. The van der Waals surface area contributed by atoms with Crippen LogP contribution < -0.4 is 0 Å². The summed E-state index contributed by atoms with van der Waals surface area (Å²) in [5, 5.41) is 11.0. The number of amides is 2. The average molecular weight is 1800 g/mol. The molecule has 125 heavy (non-hydrogen) atoms. The summed E-state index contributed by atoms with van der Waals surface area (Å²) in [6, 6.07) is 5.99. The van der Waals surface area contributed by atoms with E-state index >= 15 is 0 Å². The predicted molar refractivity (Wildman–Crippen MR) is 405 cm³/mol. The van der Waals surface area contributed by atoms with Crippen LogP contribution in [0.5, 0.6) is 0 Å². The molecule has 7 fully saturated rings. The van der Waals surface area contributed by atoms with E-state index in [2.05, 4.69) is 0 Å². The smallest absolute Gasteiger partial charge is 0.303 e. The molecule has 0 aromatic heterocycles. The fourth-order valence-electron chi connectivity index (χ4n) is 16.6. The summed E-state index contributed by atoms with van der Waals surface area (Å²) in [5.41, 5.74) is 0.0393. The minimum absolute atomic E-state index is 0.0197. The number of ether oxygens (including phenoxy) is 34. The van der Waals surface area contributed by atoms with Crippen molar-refractivity contribution in [3.63, 3.8) is 0 Å². The molecule has 46 nitrogen and oxygen atoms in total. The van der Waals surface area contributed by atoms with Crippen LogP contribution in [0.1, 0.15) is 76.1 Å². The van der Waals surface area contributed by atoms with E-state index in [1.165, 1.54) is 111 Å². The molecule has 15 unspecified atom stereocenters. The Morgan fingerprint density at radius 1 is 0.272 bits per heavy atom. The highest BCUT2D eigenvalue weighted by atomic mass is 16.8. The van der Waals surface area contributed by atoms with Crippen molar-refractivity contribution >= 4 is 59.6 Å². The minimum Gasteiger partial charge on any atom is -0.463 e. The maximum Gasteiger partial charge on any atom is 0.303 e. The van der Waals surface area contributed by atoms with Crippen molar-refractivity contribution in [3.05, 3.63) is 35.4 Å². The number of methoxy groups -OCH3 is 13. The van der Waals surface area contributed by atoms with E-state index in [-0.39, 0.29) is 37.6 Å². The lowest BCUT2D eigenvalue weighted by atomic mass is 9.94. The third-order valence-corrected chi connectivity index (χ3v) is 21.7. The molecule has 7 saturated heterocycles. The van der Waals surface area contributed by atoms with Crippen molar-refractivity contribution < 1.29 is 214 Å². The van der Waals surface area contributed by atoms with Gasteiger partial charge in [-0.1, -0.05) is 12.1 Å². The van der Waals surface area contributed by atoms with Gasteiger partial charge in [-0.3, -0.25) is 52.8 Å². The molecule has 2 amide bonds. The molecule has 0 saturated carbocycles. The molecular weight excluding hydrogens is 1680 g/mol. The zero-order valence-corrected chi connectivity index (χ0v) is 73.3. The van der Waals surface area contributed by atoms with Gasteiger partial charge in [0.05, 0.1) is 37.5 Å². The van der Waals surface area contributed by atoms with E-state index in [0.717, 1.165) is 53.4 Å². The number of carbonyl (C=O) groups excluding carboxylic acids is 10. The number of nitrogens with zero attached hydrogens (tertiary/aromatic N) is 1. The quantitative estimate of drug-likeness (QED) is 0.0425. The fraction of sp³-hybridized carbons (Fsp3) is 0.797. The van der Waals surface area contributed by atoms with Crippen LogP contribution in [0.4, 0.5) is 0 Å². The second-order valence-electron chi connectivity index (χ2n) is 29.8. The van der Waals surface area contributed by atoms with Gasteiger partial charge in [0.25, 0.3) is 11.8 Å². The highest BCUT2D eigenvalue weighted by Crippen LogP contribution is 2.44. The molecule has 0 radical (unpaired) electrons. The van der Waals surface area contributed by atoms with Crippen LogP contribution in [0.15, 0.2) is 24.3 Å². The normalized spacial score (nSPS) is 37.8. The molecule has 9 rings (SSSR count). The van der Waals surface area contributed by atoms with Crippen molar-refractivity contribution in [1.29, 1.82) is 0 Å². The zero-order valence-electron chi connectivity index (χ0n) is 73.3. The molecule has 708 valence electrons.